The Morgan fingerprint density at radius 3 is 2.71 bits per heavy atom. The summed E-state index contributed by atoms with van der Waals surface area (Å²) >= 11 is 6.12. The van der Waals surface area contributed by atoms with Gasteiger partial charge in [0.2, 0.25) is 0 Å². The molecule has 28 heavy (non-hydrogen) atoms. The Morgan fingerprint density at radius 1 is 1.29 bits per heavy atom. The number of hydrogen-bond acceptors (Lipinski definition) is 4. The van der Waals surface area contributed by atoms with Crippen LogP contribution in [-0.4, -0.2) is 31.7 Å². The Bertz CT molecular complexity index is 1100. The number of pyridine rings is 1. The van der Waals surface area contributed by atoms with Crippen LogP contribution in [0.2, 0.25) is 5.02 Å². The van der Waals surface area contributed by atoms with Gasteiger partial charge in [-0.1, -0.05) is 11.6 Å². The molecule has 3 aromatic rings. The van der Waals surface area contributed by atoms with Crippen molar-refractivity contribution in [2.45, 2.75) is 38.1 Å². The maximum atomic E-state index is 13.0. The fraction of sp³-hybridized carbons (Fsp3) is 0.300. The van der Waals surface area contributed by atoms with E-state index in [0.717, 1.165) is 24.1 Å². The predicted molar refractivity (Wildman–Crippen MR) is 106 cm³/mol. The van der Waals surface area contributed by atoms with E-state index in [-0.39, 0.29) is 5.91 Å². The smallest absolute Gasteiger partial charge is 0.331 e. The number of carboxylic acid groups (broad SMARTS) is 1. The minimum absolute atomic E-state index is 0.316. The van der Waals surface area contributed by atoms with Gasteiger partial charge in [0, 0.05) is 28.2 Å². The Balaban J connectivity index is 1.68. The van der Waals surface area contributed by atoms with Gasteiger partial charge >= 0.3 is 5.97 Å². The summed E-state index contributed by atoms with van der Waals surface area (Å²) in [5.74, 6) is -0.938. The molecule has 2 N–H and O–H groups in total. The lowest BCUT2D eigenvalue weighted by Crippen LogP contribution is -2.35. The number of nitrogens with zero attached hydrogens (tertiary/aromatic N) is 3. The second-order valence-corrected chi connectivity index (χ2v) is 7.96. The fourth-order valence-corrected chi connectivity index (χ4v) is 3.16. The predicted octanol–water partition coefficient (Wildman–Crippen LogP) is 4.03. The van der Waals surface area contributed by atoms with Crippen molar-refractivity contribution in [2.75, 3.05) is 5.32 Å². The van der Waals surface area contributed by atoms with Gasteiger partial charge < -0.3 is 10.4 Å². The van der Waals surface area contributed by atoms with Crippen molar-refractivity contribution in [3.8, 4) is 0 Å². The van der Waals surface area contributed by atoms with Gasteiger partial charge in [0.05, 0.1) is 23.0 Å². The molecule has 0 aliphatic heterocycles. The molecule has 8 heteroatoms. The molecule has 1 fully saturated rings. The summed E-state index contributed by atoms with van der Waals surface area (Å²) in [6.45, 7) is 3.07. The van der Waals surface area contributed by atoms with Crippen molar-refractivity contribution in [2.24, 2.45) is 0 Å². The first-order valence-electron chi connectivity index (χ1n) is 8.96. The number of rotatable bonds is 5. The van der Waals surface area contributed by atoms with Gasteiger partial charge in [0.1, 0.15) is 0 Å². The average Bonchev–Trinajstić information content (AvgIpc) is 3.39. The van der Waals surface area contributed by atoms with Crippen molar-refractivity contribution in [3.05, 3.63) is 52.9 Å². The van der Waals surface area contributed by atoms with Gasteiger partial charge in [0.25, 0.3) is 5.91 Å². The number of carbonyl (C=O) groups is 2. The number of carboxylic acids is 1. The van der Waals surface area contributed by atoms with E-state index in [1.807, 2.05) is 12.1 Å². The molecular formula is C20H19ClN4O3. The van der Waals surface area contributed by atoms with Crippen LogP contribution in [0.4, 0.5) is 5.69 Å². The fourth-order valence-electron chi connectivity index (χ4n) is 2.98. The number of halogens is 1. The summed E-state index contributed by atoms with van der Waals surface area (Å²) < 4.78 is 1.31. The highest BCUT2D eigenvalue weighted by Crippen LogP contribution is 2.40. The van der Waals surface area contributed by atoms with Gasteiger partial charge in [0.15, 0.2) is 5.54 Å². The van der Waals surface area contributed by atoms with Crippen LogP contribution >= 0.6 is 11.6 Å². The molecule has 0 atom stereocenters. The van der Waals surface area contributed by atoms with Crippen molar-refractivity contribution < 1.29 is 14.7 Å². The minimum Gasteiger partial charge on any atom is -0.479 e. The van der Waals surface area contributed by atoms with Crippen LogP contribution in [0.5, 0.6) is 0 Å². The van der Waals surface area contributed by atoms with Gasteiger partial charge in [-0.05, 0) is 51.0 Å². The molecule has 4 rings (SSSR count). The lowest BCUT2D eigenvalue weighted by molar-refractivity contribution is -0.146. The third-order valence-electron chi connectivity index (χ3n) is 4.97. The number of nitrogens with one attached hydrogen (secondary N) is 1. The summed E-state index contributed by atoms with van der Waals surface area (Å²) in [4.78, 5) is 29.0. The normalized spacial score (nSPS) is 14.2. The average molecular weight is 399 g/mol. The van der Waals surface area contributed by atoms with E-state index in [0.29, 0.717) is 27.6 Å². The van der Waals surface area contributed by atoms with Gasteiger partial charge in [-0.25, -0.2) is 4.79 Å². The number of hydrogen-bond donors (Lipinski definition) is 2. The highest BCUT2D eigenvalue weighted by atomic mass is 35.5. The van der Waals surface area contributed by atoms with Gasteiger partial charge in [-0.15, -0.1) is 0 Å². The largest absolute Gasteiger partial charge is 0.479 e. The number of aliphatic carboxylic acids is 1. The topological polar surface area (TPSA) is 97.1 Å². The SMILES string of the molecule is CC(C)(C(=O)O)n1cc(NC(=O)c2cc(C3CC3)nc3ccc(Cl)cc23)cn1. The third-order valence-corrected chi connectivity index (χ3v) is 5.20. The summed E-state index contributed by atoms with van der Waals surface area (Å²) in [6, 6.07) is 7.12. The quantitative estimate of drug-likeness (QED) is 0.676. The standard InChI is InChI=1S/C20H19ClN4O3/c1-20(2,19(27)28)25-10-13(9-22-25)23-18(26)15-8-17(11-3-4-11)24-16-6-5-12(21)7-14(15)16/h5-11H,3-4H2,1-2H3,(H,23,26)(H,27,28). The molecule has 0 bridgehead atoms. The number of benzene rings is 1. The second-order valence-electron chi connectivity index (χ2n) is 7.52. The Hall–Kier alpha value is -2.93. The van der Waals surface area contributed by atoms with E-state index in [1.54, 1.807) is 12.1 Å². The van der Waals surface area contributed by atoms with Crippen LogP contribution < -0.4 is 5.32 Å². The molecule has 0 radical (unpaired) electrons. The van der Waals surface area contributed by atoms with Crippen molar-refractivity contribution in [1.29, 1.82) is 0 Å². The van der Waals surface area contributed by atoms with E-state index in [4.69, 9.17) is 11.6 Å². The first-order chi connectivity index (χ1) is 13.3. The molecule has 1 aliphatic carbocycles. The zero-order chi connectivity index (χ0) is 20.1. The number of amides is 1. The Kier molecular flexibility index (Phi) is 4.34. The summed E-state index contributed by atoms with van der Waals surface area (Å²) in [7, 11) is 0. The van der Waals surface area contributed by atoms with Crippen LogP contribution in [0.3, 0.4) is 0 Å². The molecule has 144 valence electrons. The third kappa shape index (κ3) is 3.33. The first-order valence-corrected chi connectivity index (χ1v) is 9.33. The van der Waals surface area contributed by atoms with Crippen LogP contribution in [0.15, 0.2) is 36.7 Å². The Labute approximate surface area is 166 Å². The van der Waals surface area contributed by atoms with Gasteiger partial charge in [-0.2, -0.15) is 5.10 Å². The van der Waals surface area contributed by atoms with E-state index in [1.165, 1.54) is 30.9 Å². The Morgan fingerprint density at radius 2 is 2.04 bits per heavy atom. The molecule has 7 nitrogen and oxygen atoms in total. The molecule has 2 aromatic heterocycles. The van der Waals surface area contributed by atoms with E-state index in [9.17, 15) is 14.7 Å². The highest BCUT2D eigenvalue weighted by molar-refractivity contribution is 6.31. The minimum atomic E-state index is -1.22. The molecule has 0 unspecified atom stereocenters. The van der Waals surface area contributed by atoms with E-state index >= 15 is 0 Å². The molecule has 1 aliphatic rings. The molecule has 1 amide bonds. The first kappa shape index (κ1) is 18.4. The zero-order valence-corrected chi connectivity index (χ0v) is 16.2. The van der Waals surface area contributed by atoms with Crippen LogP contribution in [-0.2, 0) is 10.3 Å². The number of carbonyl (C=O) groups excluding carboxylic acids is 1. The monoisotopic (exact) mass is 398 g/mol. The van der Waals surface area contributed by atoms with Gasteiger partial charge in [-0.3, -0.25) is 14.5 Å². The molecule has 1 aromatic carbocycles. The lowest BCUT2D eigenvalue weighted by Gasteiger charge is -2.19. The van der Waals surface area contributed by atoms with Crippen LogP contribution in [0.1, 0.15) is 48.7 Å². The van der Waals surface area contributed by atoms with Crippen LogP contribution in [0, 0.1) is 0 Å². The maximum absolute atomic E-state index is 13.0. The lowest BCUT2D eigenvalue weighted by atomic mass is 10.1. The van der Waals surface area contributed by atoms with Crippen molar-refractivity contribution in [1.82, 2.24) is 14.8 Å². The van der Waals surface area contributed by atoms with Crippen molar-refractivity contribution >= 4 is 40.1 Å². The van der Waals surface area contributed by atoms with E-state index < -0.39 is 11.5 Å². The van der Waals surface area contributed by atoms with Crippen LogP contribution in [0.25, 0.3) is 10.9 Å². The number of anilines is 1. The van der Waals surface area contributed by atoms with Crippen molar-refractivity contribution in [3.63, 3.8) is 0 Å². The zero-order valence-electron chi connectivity index (χ0n) is 15.4. The number of aromatic nitrogens is 3. The highest BCUT2D eigenvalue weighted by Gasteiger charge is 2.31. The molecule has 1 saturated carbocycles. The molecule has 0 saturated heterocycles. The summed E-state index contributed by atoms with van der Waals surface area (Å²) in [6.07, 6.45) is 5.08. The molecular weight excluding hydrogens is 380 g/mol. The second kappa shape index (κ2) is 6.60. The maximum Gasteiger partial charge on any atom is 0.331 e. The molecule has 2 heterocycles. The summed E-state index contributed by atoms with van der Waals surface area (Å²) in [5, 5.41) is 17.4. The number of fused-ring (bicyclic) bond motifs is 1. The summed E-state index contributed by atoms with van der Waals surface area (Å²) in [5.41, 5.74) is 1.31. The molecule has 0 spiro atoms. The van der Waals surface area contributed by atoms with E-state index in [2.05, 4.69) is 15.4 Å².